The third-order valence-electron chi connectivity index (χ3n) is 4.35. The molecule has 0 unspecified atom stereocenters. The van der Waals surface area contributed by atoms with E-state index in [9.17, 15) is 5.11 Å². The summed E-state index contributed by atoms with van der Waals surface area (Å²) in [5.74, 6) is 2.24. The smallest absolute Gasteiger partial charge is 0.0805 e. The topological polar surface area (TPSA) is 46.2 Å². The van der Waals surface area contributed by atoms with E-state index < -0.39 is 5.60 Å². The fourth-order valence-corrected chi connectivity index (χ4v) is 4.04. The van der Waals surface area contributed by atoms with E-state index in [0.29, 0.717) is 5.92 Å². The Morgan fingerprint density at radius 1 is 1.08 bits per heavy atom. The van der Waals surface area contributed by atoms with Crippen LogP contribution in [0.5, 0.6) is 0 Å². The lowest BCUT2D eigenvalue weighted by atomic mass is 9.52. The number of hydrogen-bond acceptors (Lipinski definition) is 2. The molecule has 2 heteroatoms. The zero-order chi connectivity index (χ0) is 8.34. The lowest BCUT2D eigenvalue weighted by Crippen LogP contribution is -2.63. The molecule has 4 fully saturated rings. The van der Waals surface area contributed by atoms with Gasteiger partial charge in [-0.1, -0.05) is 0 Å². The zero-order valence-electron chi connectivity index (χ0n) is 7.37. The van der Waals surface area contributed by atoms with Crippen LogP contribution in [0.4, 0.5) is 0 Å². The normalized spacial score (nSPS) is 62.5. The van der Waals surface area contributed by atoms with Gasteiger partial charge in [-0.3, -0.25) is 0 Å². The molecule has 4 aliphatic rings. The average molecular weight is 167 g/mol. The summed E-state index contributed by atoms with van der Waals surface area (Å²) < 4.78 is 0. The molecule has 0 aromatic heterocycles. The molecule has 0 aromatic rings. The van der Waals surface area contributed by atoms with Crippen molar-refractivity contribution in [1.82, 2.24) is 0 Å². The van der Waals surface area contributed by atoms with Crippen molar-refractivity contribution in [3.05, 3.63) is 0 Å². The van der Waals surface area contributed by atoms with E-state index in [2.05, 4.69) is 0 Å². The van der Waals surface area contributed by atoms with Crippen LogP contribution in [0, 0.1) is 17.8 Å². The molecule has 0 radical (unpaired) electrons. The monoisotopic (exact) mass is 167 g/mol. The van der Waals surface area contributed by atoms with E-state index in [1.54, 1.807) is 0 Å². The summed E-state index contributed by atoms with van der Waals surface area (Å²) in [5, 5.41) is 10.2. The van der Waals surface area contributed by atoms with Gasteiger partial charge < -0.3 is 10.8 Å². The molecule has 12 heavy (non-hydrogen) atoms. The van der Waals surface area contributed by atoms with Gasteiger partial charge in [0.2, 0.25) is 0 Å². The predicted molar refractivity (Wildman–Crippen MR) is 46.5 cm³/mol. The van der Waals surface area contributed by atoms with Crippen LogP contribution in [-0.4, -0.2) is 16.7 Å². The second-order valence-electron chi connectivity index (χ2n) is 5.24. The first-order valence-electron chi connectivity index (χ1n) is 5.15. The summed E-state index contributed by atoms with van der Waals surface area (Å²) in [6, 6.07) is 0.0882. The summed E-state index contributed by atoms with van der Waals surface area (Å²) in [5.41, 5.74) is 5.59. The number of hydrogen-bond donors (Lipinski definition) is 2. The minimum absolute atomic E-state index is 0.0882. The molecule has 3 N–H and O–H groups in total. The van der Waals surface area contributed by atoms with Crippen molar-refractivity contribution in [3.8, 4) is 0 Å². The van der Waals surface area contributed by atoms with Crippen molar-refractivity contribution in [3.63, 3.8) is 0 Å². The van der Waals surface area contributed by atoms with Gasteiger partial charge in [0.05, 0.1) is 5.60 Å². The SMILES string of the molecule is N[C@@H]1C2C[C@H]3C[C@H](C2)CC1(O)C3. The van der Waals surface area contributed by atoms with Gasteiger partial charge >= 0.3 is 0 Å². The van der Waals surface area contributed by atoms with Gasteiger partial charge in [-0.2, -0.15) is 0 Å². The van der Waals surface area contributed by atoms with Crippen molar-refractivity contribution < 1.29 is 5.11 Å². The van der Waals surface area contributed by atoms with Crippen molar-refractivity contribution in [2.75, 3.05) is 0 Å². The van der Waals surface area contributed by atoms with E-state index in [1.807, 2.05) is 0 Å². The van der Waals surface area contributed by atoms with Crippen LogP contribution in [0.25, 0.3) is 0 Å². The Hall–Kier alpha value is -0.0800. The Balaban J connectivity index is 1.97. The van der Waals surface area contributed by atoms with Crippen LogP contribution in [0.1, 0.15) is 32.1 Å². The molecule has 0 aromatic carbocycles. The van der Waals surface area contributed by atoms with E-state index in [1.165, 1.54) is 19.3 Å². The molecule has 68 valence electrons. The number of rotatable bonds is 0. The predicted octanol–water partition coefficient (Wildman–Crippen LogP) is 0.885. The molecule has 0 saturated heterocycles. The van der Waals surface area contributed by atoms with E-state index in [-0.39, 0.29) is 6.04 Å². The van der Waals surface area contributed by atoms with Gasteiger partial charge in [0.15, 0.2) is 0 Å². The Kier molecular flexibility index (Phi) is 1.25. The van der Waals surface area contributed by atoms with Gasteiger partial charge in [0.1, 0.15) is 0 Å². The Morgan fingerprint density at radius 2 is 1.67 bits per heavy atom. The van der Waals surface area contributed by atoms with Crippen LogP contribution >= 0.6 is 0 Å². The van der Waals surface area contributed by atoms with E-state index >= 15 is 0 Å². The van der Waals surface area contributed by atoms with Crippen LogP contribution in [-0.2, 0) is 0 Å². The van der Waals surface area contributed by atoms with E-state index in [0.717, 1.165) is 24.7 Å². The second-order valence-corrected chi connectivity index (χ2v) is 5.24. The second kappa shape index (κ2) is 2.05. The molecule has 3 atom stereocenters. The summed E-state index contributed by atoms with van der Waals surface area (Å²) >= 11 is 0. The molecule has 4 rings (SSSR count). The van der Waals surface area contributed by atoms with Gasteiger partial charge in [-0.05, 0) is 49.9 Å². The fourth-order valence-electron chi connectivity index (χ4n) is 4.04. The first kappa shape index (κ1) is 7.34. The molecule has 0 amide bonds. The van der Waals surface area contributed by atoms with E-state index in [4.69, 9.17) is 5.73 Å². The highest BCUT2D eigenvalue weighted by molar-refractivity contribution is 5.08. The minimum atomic E-state index is -0.464. The maximum atomic E-state index is 10.2. The molecular weight excluding hydrogens is 150 g/mol. The molecule has 4 aliphatic carbocycles. The summed E-state index contributed by atoms with van der Waals surface area (Å²) in [7, 11) is 0. The van der Waals surface area contributed by atoms with Crippen LogP contribution in [0.15, 0.2) is 0 Å². The molecule has 0 heterocycles. The molecule has 4 saturated carbocycles. The highest BCUT2D eigenvalue weighted by Crippen LogP contribution is 2.54. The van der Waals surface area contributed by atoms with Gasteiger partial charge in [0.25, 0.3) is 0 Å². The zero-order valence-corrected chi connectivity index (χ0v) is 7.37. The van der Waals surface area contributed by atoms with Crippen molar-refractivity contribution in [1.29, 1.82) is 0 Å². The number of aliphatic hydroxyl groups is 1. The quantitative estimate of drug-likeness (QED) is 0.562. The maximum Gasteiger partial charge on any atom is 0.0805 e. The fraction of sp³-hybridized carbons (Fsp3) is 1.00. The molecule has 0 spiro atoms. The number of nitrogens with two attached hydrogens (primary N) is 1. The van der Waals surface area contributed by atoms with Crippen molar-refractivity contribution in [2.24, 2.45) is 23.5 Å². The summed E-state index contributed by atoms with van der Waals surface area (Å²) in [6.45, 7) is 0. The standard InChI is InChI=1S/C10H17NO/c11-9-8-2-6-1-7(3-8)5-10(9,12)4-6/h6-9,12H,1-5,11H2/t6-,7-,8?,9-,10?/m1/s1. The summed E-state index contributed by atoms with van der Waals surface area (Å²) in [6.07, 6.45) is 5.92. The third-order valence-corrected chi connectivity index (χ3v) is 4.35. The van der Waals surface area contributed by atoms with Gasteiger partial charge in [0, 0.05) is 6.04 Å². The lowest BCUT2D eigenvalue weighted by molar-refractivity contribution is -0.139. The molecule has 0 aliphatic heterocycles. The first-order chi connectivity index (χ1) is 5.67. The van der Waals surface area contributed by atoms with Gasteiger partial charge in [-0.15, -0.1) is 0 Å². The van der Waals surface area contributed by atoms with Crippen LogP contribution in [0.3, 0.4) is 0 Å². The molecule has 2 nitrogen and oxygen atoms in total. The van der Waals surface area contributed by atoms with Crippen LogP contribution in [0.2, 0.25) is 0 Å². The Bertz CT molecular complexity index is 202. The first-order valence-corrected chi connectivity index (χ1v) is 5.15. The van der Waals surface area contributed by atoms with Gasteiger partial charge in [-0.25, -0.2) is 0 Å². The Morgan fingerprint density at radius 3 is 2.17 bits per heavy atom. The highest BCUT2D eigenvalue weighted by atomic mass is 16.3. The highest BCUT2D eigenvalue weighted by Gasteiger charge is 2.54. The molecular formula is C10H17NO. The average Bonchev–Trinajstić information content (AvgIpc) is 1.98. The van der Waals surface area contributed by atoms with Crippen molar-refractivity contribution >= 4 is 0 Å². The third kappa shape index (κ3) is 0.775. The Labute approximate surface area is 73.1 Å². The maximum absolute atomic E-state index is 10.2. The van der Waals surface area contributed by atoms with Crippen LogP contribution < -0.4 is 5.73 Å². The summed E-state index contributed by atoms with van der Waals surface area (Å²) in [4.78, 5) is 0. The lowest BCUT2D eigenvalue weighted by Gasteiger charge is -2.57. The minimum Gasteiger partial charge on any atom is -0.388 e. The molecule has 4 bridgehead atoms. The largest absolute Gasteiger partial charge is 0.388 e. The van der Waals surface area contributed by atoms with Crippen molar-refractivity contribution in [2.45, 2.75) is 43.7 Å².